The predicted octanol–water partition coefficient (Wildman–Crippen LogP) is 3.39. The molecule has 2 N–H and O–H groups in total. The third kappa shape index (κ3) is 2.56. The highest BCUT2D eigenvalue weighted by molar-refractivity contribution is 7.12. The lowest BCUT2D eigenvalue weighted by molar-refractivity contribution is 0.103. The van der Waals surface area contributed by atoms with E-state index >= 15 is 0 Å². The number of H-pyrrole nitrogens is 1. The minimum Gasteiger partial charge on any atom is -0.321 e. The van der Waals surface area contributed by atoms with Crippen LogP contribution in [0, 0.1) is 0 Å². The maximum atomic E-state index is 11.9. The highest BCUT2D eigenvalue weighted by atomic mass is 32.1. The number of nitrogens with one attached hydrogen (secondary N) is 2. The fraction of sp³-hybridized carbons (Fsp3) is 0. The molecule has 1 amide bonds. The van der Waals surface area contributed by atoms with Crippen LogP contribution >= 0.6 is 11.3 Å². The zero-order valence-electron chi connectivity index (χ0n) is 9.96. The van der Waals surface area contributed by atoms with E-state index in [4.69, 9.17) is 0 Å². The minimum atomic E-state index is -0.0794. The van der Waals surface area contributed by atoms with E-state index in [0.717, 1.165) is 16.9 Å². The van der Waals surface area contributed by atoms with E-state index in [1.807, 2.05) is 41.8 Å². The lowest BCUT2D eigenvalue weighted by Crippen LogP contribution is -2.09. The summed E-state index contributed by atoms with van der Waals surface area (Å²) in [5, 5.41) is 11.6. The summed E-state index contributed by atoms with van der Waals surface area (Å²) in [5.74, 6) is -0.0794. The van der Waals surface area contributed by atoms with Gasteiger partial charge in [-0.3, -0.25) is 9.89 Å². The van der Waals surface area contributed by atoms with Crippen molar-refractivity contribution in [2.75, 3.05) is 5.32 Å². The minimum absolute atomic E-state index is 0.0794. The summed E-state index contributed by atoms with van der Waals surface area (Å²) >= 11 is 1.43. The molecule has 1 aromatic carbocycles. The van der Waals surface area contributed by atoms with Crippen molar-refractivity contribution in [3.63, 3.8) is 0 Å². The van der Waals surface area contributed by atoms with Crippen molar-refractivity contribution in [3.05, 3.63) is 58.9 Å². The van der Waals surface area contributed by atoms with Gasteiger partial charge in [0, 0.05) is 11.9 Å². The van der Waals surface area contributed by atoms with Gasteiger partial charge in [0.05, 0.1) is 10.6 Å². The van der Waals surface area contributed by atoms with Gasteiger partial charge in [0.1, 0.15) is 0 Å². The number of aromatic nitrogens is 2. The first-order valence-electron chi connectivity index (χ1n) is 5.77. The topological polar surface area (TPSA) is 57.8 Å². The Morgan fingerprint density at radius 3 is 2.63 bits per heavy atom. The average molecular weight is 269 g/mol. The van der Waals surface area contributed by atoms with Gasteiger partial charge in [0.25, 0.3) is 5.91 Å². The Morgan fingerprint density at radius 2 is 2.00 bits per heavy atom. The number of hydrogen-bond acceptors (Lipinski definition) is 3. The largest absolute Gasteiger partial charge is 0.321 e. The molecule has 0 atom stereocenters. The molecular weight excluding hydrogens is 258 g/mol. The predicted molar refractivity (Wildman–Crippen MR) is 76.3 cm³/mol. The molecule has 0 aliphatic rings. The van der Waals surface area contributed by atoms with Gasteiger partial charge in [0.15, 0.2) is 0 Å². The molecule has 4 nitrogen and oxygen atoms in total. The maximum Gasteiger partial charge on any atom is 0.265 e. The fourth-order valence-corrected chi connectivity index (χ4v) is 2.37. The van der Waals surface area contributed by atoms with Crippen molar-refractivity contribution in [2.45, 2.75) is 0 Å². The van der Waals surface area contributed by atoms with E-state index in [2.05, 4.69) is 15.5 Å². The third-order valence-electron chi connectivity index (χ3n) is 2.70. The van der Waals surface area contributed by atoms with Gasteiger partial charge in [0.2, 0.25) is 0 Å². The summed E-state index contributed by atoms with van der Waals surface area (Å²) in [5.41, 5.74) is 2.77. The second-order valence-corrected chi connectivity index (χ2v) is 4.93. The van der Waals surface area contributed by atoms with Crippen LogP contribution in [0.1, 0.15) is 9.67 Å². The molecule has 3 rings (SSSR count). The first-order chi connectivity index (χ1) is 9.33. The molecule has 2 heterocycles. The van der Waals surface area contributed by atoms with Gasteiger partial charge in [-0.2, -0.15) is 5.10 Å². The average Bonchev–Trinajstić information content (AvgIpc) is 3.13. The van der Waals surface area contributed by atoms with E-state index in [9.17, 15) is 4.79 Å². The SMILES string of the molecule is O=C(Nc1ccc(-c2ccn[nH]2)cc1)c1cccs1. The fourth-order valence-electron chi connectivity index (χ4n) is 1.75. The van der Waals surface area contributed by atoms with Crippen LogP contribution < -0.4 is 5.32 Å². The Labute approximate surface area is 114 Å². The molecular formula is C14H11N3OS. The third-order valence-corrected chi connectivity index (χ3v) is 3.57. The highest BCUT2D eigenvalue weighted by Gasteiger charge is 2.06. The van der Waals surface area contributed by atoms with E-state index in [1.165, 1.54) is 11.3 Å². The van der Waals surface area contributed by atoms with Crippen LogP contribution in [0.2, 0.25) is 0 Å². The molecule has 0 fully saturated rings. The summed E-state index contributed by atoms with van der Waals surface area (Å²) in [6, 6.07) is 13.2. The Bertz CT molecular complexity index is 657. The van der Waals surface area contributed by atoms with Gasteiger partial charge in [-0.15, -0.1) is 11.3 Å². The van der Waals surface area contributed by atoms with Crippen LogP contribution in [0.5, 0.6) is 0 Å². The number of hydrogen-bond donors (Lipinski definition) is 2. The second kappa shape index (κ2) is 5.07. The number of benzene rings is 1. The van der Waals surface area contributed by atoms with Crippen molar-refractivity contribution in [3.8, 4) is 11.3 Å². The number of carbonyl (C=O) groups is 1. The molecule has 3 aromatic rings. The Balaban J connectivity index is 1.75. The number of thiophene rings is 1. The van der Waals surface area contributed by atoms with Crippen molar-refractivity contribution >= 4 is 22.9 Å². The molecule has 0 aliphatic carbocycles. The number of amides is 1. The van der Waals surface area contributed by atoms with Gasteiger partial charge in [-0.05, 0) is 35.2 Å². The quantitative estimate of drug-likeness (QED) is 0.765. The van der Waals surface area contributed by atoms with E-state index in [0.29, 0.717) is 4.88 Å². The molecule has 0 aliphatic heterocycles. The van der Waals surface area contributed by atoms with Crippen molar-refractivity contribution in [2.24, 2.45) is 0 Å². The number of anilines is 1. The maximum absolute atomic E-state index is 11.9. The van der Waals surface area contributed by atoms with E-state index in [1.54, 1.807) is 12.3 Å². The first kappa shape index (κ1) is 11.7. The van der Waals surface area contributed by atoms with Crippen LogP contribution in [-0.2, 0) is 0 Å². The smallest absolute Gasteiger partial charge is 0.265 e. The van der Waals surface area contributed by atoms with Crippen LogP contribution in [0.4, 0.5) is 5.69 Å². The molecule has 0 bridgehead atoms. The number of nitrogens with zero attached hydrogens (tertiary/aromatic N) is 1. The van der Waals surface area contributed by atoms with Crippen LogP contribution in [0.15, 0.2) is 54.0 Å². The molecule has 0 radical (unpaired) electrons. The summed E-state index contributed by atoms with van der Waals surface area (Å²) in [6.07, 6.45) is 1.71. The molecule has 2 aromatic heterocycles. The summed E-state index contributed by atoms with van der Waals surface area (Å²) in [7, 11) is 0. The number of rotatable bonds is 3. The molecule has 5 heteroatoms. The van der Waals surface area contributed by atoms with Gasteiger partial charge < -0.3 is 5.32 Å². The standard InChI is InChI=1S/C14H11N3OS/c18-14(13-2-1-9-19-13)16-11-5-3-10(4-6-11)12-7-8-15-17-12/h1-9H,(H,15,17)(H,16,18). The van der Waals surface area contributed by atoms with E-state index in [-0.39, 0.29) is 5.91 Å². The molecule has 0 unspecified atom stereocenters. The summed E-state index contributed by atoms with van der Waals surface area (Å²) in [4.78, 5) is 12.6. The van der Waals surface area contributed by atoms with Crippen LogP contribution in [0.25, 0.3) is 11.3 Å². The lowest BCUT2D eigenvalue weighted by Gasteiger charge is -2.04. The van der Waals surface area contributed by atoms with Gasteiger partial charge in [-0.1, -0.05) is 18.2 Å². The lowest BCUT2D eigenvalue weighted by atomic mass is 10.1. The Morgan fingerprint density at radius 1 is 1.16 bits per heavy atom. The molecule has 0 saturated carbocycles. The summed E-state index contributed by atoms with van der Waals surface area (Å²) < 4.78 is 0. The Kier molecular flexibility index (Phi) is 3.12. The normalized spacial score (nSPS) is 10.3. The highest BCUT2D eigenvalue weighted by Crippen LogP contribution is 2.19. The van der Waals surface area contributed by atoms with E-state index < -0.39 is 0 Å². The monoisotopic (exact) mass is 269 g/mol. The molecule has 94 valence electrons. The molecule has 19 heavy (non-hydrogen) atoms. The van der Waals surface area contributed by atoms with Crippen LogP contribution in [0.3, 0.4) is 0 Å². The van der Waals surface area contributed by atoms with Gasteiger partial charge >= 0.3 is 0 Å². The number of carbonyl (C=O) groups excluding carboxylic acids is 1. The van der Waals surface area contributed by atoms with Crippen molar-refractivity contribution in [1.82, 2.24) is 10.2 Å². The number of aromatic amines is 1. The van der Waals surface area contributed by atoms with Crippen molar-refractivity contribution < 1.29 is 4.79 Å². The Hall–Kier alpha value is -2.40. The molecule has 0 spiro atoms. The second-order valence-electron chi connectivity index (χ2n) is 3.98. The molecule has 0 saturated heterocycles. The van der Waals surface area contributed by atoms with Crippen molar-refractivity contribution in [1.29, 1.82) is 0 Å². The zero-order chi connectivity index (χ0) is 13.1. The van der Waals surface area contributed by atoms with Gasteiger partial charge in [-0.25, -0.2) is 0 Å². The zero-order valence-corrected chi connectivity index (χ0v) is 10.8. The first-order valence-corrected chi connectivity index (χ1v) is 6.65. The summed E-state index contributed by atoms with van der Waals surface area (Å²) in [6.45, 7) is 0. The van der Waals surface area contributed by atoms with Crippen LogP contribution in [-0.4, -0.2) is 16.1 Å².